The summed E-state index contributed by atoms with van der Waals surface area (Å²) in [5.41, 5.74) is 18.3. The Morgan fingerprint density at radius 1 is 0.971 bits per heavy atom. The molecular formula is C26H22N6O2. The van der Waals surface area contributed by atoms with Crippen molar-refractivity contribution in [2.75, 3.05) is 12.8 Å². The maximum atomic E-state index is 12.3. The first-order valence-corrected chi connectivity index (χ1v) is 10.6. The molecule has 3 heterocycles. The molecule has 8 nitrogen and oxygen atoms in total. The summed E-state index contributed by atoms with van der Waals surface area (Å²) in [6.45, 7) is 1.98. The lowest BCUT2D eigenvalue weighted by Crippen LogP contribution is -2.17. The van der Waals surface area contributed by atoms with Gasteiger partial charge in [-0.05, 0) is 54.4 Å². The van der Waals surface area contributed by atoms with Gasteiger partial charge in [-0.3, -0.25) is 9.89 Å². The number of H-pyrrole nitrogens is 1. The van der Waals surface area contributed by atoms with Crippen LogP contribution in [-0.2, 0) is 0 Å². The highest BCUT2D eigenvalue weighted by Crippen LogP contribution is 2.38. The van der Waals surface area contributed by atoms with Crippen LogP contribution < -0.4 is 16.2 Å². The van der Waals surface area contributed by atoms with E-state index in [0.29, 0.717) is 17.0 Å². The van der Waals surface area contributed by atoms with Crippen molar-refractivity contribution in [3.63, 3.8) is 0 Å². The first kappa shape index (κ1) is 21.1. The molecule has 2 aromatic carbocycles. The standard InChI is InChI=1S/C26H22N6O2/c1-14-9-10-20-18(13-29-32-20)23(14)17-12-22(31-25(24(17)27)26(28)33)21-8-4-7-19(30-21)15-5-3-6-16(11-15)34-2/h3-13H,27H2,1-2H3,(H2,28,33)(H,29,32). The monoisotopic (exact) mass is 450 g/mol. The lowest BCUT2D eigenvalue weighted by Gasteiger charge is -2.15. The number of rotatable bonds is 5. The number of nitrogens with zero attached hydrogens (tertiary/aromatic N) is 3. The highest BCUT2D eigenvalue weighted by molar-refractivity contribution is 6.05. The van der Waals surface area contributed by atoms with Gasteiger partial charge in [0.1, 0.15) is 5.75 Å². The van der Waals surface area contributed by atoms with Crippen molar-refractivity contribution in [2.45, 2.75) is 6.92 Å². The number of ether oxygens (including phenoxy) is 1. The fourth-order valence-electron chi connectivity index (χ4n) is 4.09. The summed E-state index contributed by atoms with van der Waals surface area (Å²) in [7, 11) is 1.62. The molecule has 0 saturated heterocycles. The number of hydrogen-bond donors (Lipinski definition) is 3. The number of aromatic amines is 1. The second kappa shape index (κ2) is 8.32. The van der Waals surface area contributed by atoms with Crippen LogP contribution in [0.4, 0.5) is 5.69 Å². The zero-order valence-corrected chi connectivity index (χ0v) is 18.7. The molecule has 0 saturated carbocycles. The van der Waals surface area contributed by atoms with Gasteiger partial charge in [-0.15, -0.1) is 0 Å². The van der Waals surface area contributed by atoms with Crippen molar-refractivity contribution in [3.8, 4) is 39.5 Å². The summed E-state index contributed by atoms with van der Waals surface area (Å²) in [4.78, 5) is 21.6. The van der Waals surface area contributed by atoms with Crippen LogP contribution >= 0.6 is 0 Å². The Morgan fingerprint density at radius 2 is 1.76 bits per heavy atom. The molecule has 34 heavy (non-hydrogen) atoms. The Morgan fingerprint density at radius 3 is 2.56 bits per heavy atom. The summed E-state index contributed by atoms with van der Waals surface area (Å²) in [5.74, 6) is 0.0267. The van der Waals surface area contributed by atoms with Gasteiger partial charge < -0.3 is 16.2 Å². The number of carbonyl (C=O) groups excluding carboxylic acids is 1. The molecule has 0 bridgehead atoms. The van der Waals surface area contributed by atoms with Crippen molar-refractivity contribution in [1.29, 1.82) is 0 Å². The second-order valence-electron chi connectivity index (χ2n) is 7.91. The SMILES string of the molecule is COc1cccc(-c2cccc(-c3cc(-c4c(C)ccc5[nH]ncc45)c(N)c(C(N)=O)n3)n2)c1. The second-order valence-corrected chi connectivity index (χ2v) is 7.91. The number of nitrogen functional groups attached to an aromatic ring is 1. The Labute approximate surface area is 195 Å². The molecule has 0 fully saturated rings. The first-order chi connectivity index (χ1) is 16.5. The van der Waals surface area contributed by atoms with Crippen LogP contribution in [0, 0.1) is 6.92 Å². The number of nitrogens with two attached hydrogens (primary N) is 2. The fourth-order valence-corrected chi connectivity index (χ4v) is 4.09. The number of aryl methyl sites for hydroxylation is 1. The number of anilines is 1. The van der Waals surface area contributed by atoms with Gasteiger partial charge in [-0.1, -0.05) is 24.3 Å². The third-order valence-electron chi connectivity index (χ3n) is 5.77. The molecule has 1 amide bonds. The Kier molecular flexibility index (Phi) is 5.18. The van der Waals surface area contributed by atoms with E-state index < -0.39 is 5.91 Å². The van der Waals surface area contributed by atoms with Crippen LogP contribution in [0.2, 0.25) is 0 Å². The van der Waals surface area contributed by atoms with E-state index in [4.69, 9.17) is 21.2 Å². The summed E-state index contributed by atoms with van der Waals surface area (Å²) in [5, 5.41) is 8.02. The maximum absolute atomic E-state index is 12.3. The fraction of sp³-hybridized carbons (Fsp3) is 0.0769. The minimum Gasteiger partial charge on any atom is -0.497 e. The van der Waals surface area contributed by atoms with Crippen molar-refractivity contribution >= 4 is 22.5 Å². The number of primary amides is 1. The van der Waals surface area contributed by atoms with E-state index in [9.17, 15) is 4.79 Å². The van der Waals surface area contributed by atoms with Crippen molar-refractivity contribution in [1.82, 2.24) is 20.2 Å². The van der Waals surface area contributed by atoms with Crippen LogP contribution in [0.15, 0.2) is 66.9 Å². The molecular weight excluding hydrogens is 428 g/mol. The molecule has 0 aliphatic heterocycles. The number of amides is 1. The molecule has 0 unspecified atom stereocenters. The van der Waals surface area contributed by atoms with Crippen LogP contribution in [-0.4, -0.2) is 33.2 Å². The number of aromatic nitrogens is 4. The number of carbonyl (C=O) groups is 1. The molecule has 3 aromatic heterocycles. The molecule has 8 heteroatoms. The van der Waals surface area contributed by atoms with E-state index in [0.717, 1.165) is 39.0 Å². The van der Waals surface area contributed by atoms with Crippen LogP contribution in [0.25, 0.3) is 44.7 Å². The third kappa shape index (κ3) is 3.61. The summed E-state index contributed by atoms with van der Waals surface area (Å²) < 4.78 is 5.34. The number of hydrogen-bond acceptors (Lipinski definition) is 6. The van der Waals surface area contributed by atoms with Gasteiger partial charge in [0.25, 0.3) is 5.91 Å². The van der Waals surface area contributed by atoms with E-state index >= 15 is 0 Å². The third-order valence-corrected chi connectivity index (χ3v) is 5.77. The van der Waals surface area contributed by atoms with E-state index in [1.54, 1.807) is 13.3 Å². The van der Waals surface area contributed by atoms with Gasteiger partial charge in [0.05, 0.1) is 41.6 Å². The van der Waals surface area contributed by atoms with Gasteiger partial charge in [0.2, 0.25) is 0 Å². The van der Waals surface area contributed by atoms with Crippen molar-refractivity contribution in [3.05, 3.63) is 78.1 Å². The summed E-state index contributed by atoms with van der Waals surface area (Å²) >= 11 is 0. The van der Waals surface area contributed by atoms with Crippen molar-refractivity contribution < 1.29 is 9.53 Å². The van der Waals surface area contributed by atoms with E-state index in [1.807, 2.05) is 67.6 Å². The van der Waals surface area contributed by atoms with Crippen LogP contribution in [0.5, 0.6) is 5.75 Å². The highest BCUT2D eigenvalue weighted by Gasteiger charge is 2.20. The average molecular weight is 451 g/mol. The van der Waals surface area contributed by atoms with E-state index in [1.165, 1.54) is 0 Å². The Hall–Kier alpha value is -4.72. The molecule has 0 aliphatic rings. The Bertz CT molecular complexity index is 1560. The molecule has 0 spiro atoms. The zero-order valence-electron chi connectivity index (χ0n) is 18.7. The number of pyridine rings is 2. The van der Waals surface area contributed by atoms with Gasteiger partial charge in [-0.25, -0.2) is 9.97 Å². The smallest absolute Gasteiger partial charge is 0.269 e. The number of nitrogens with one attached hydrogen (secondary N) is 1. The van der Waals surface area contributed by atoms with Gasteiger partial charge >= 0.3 is 0 Å². The predicted molar refractivity (Wildman–Crippen MR) is 132 cm³/mol. The van der Waals surface area contributed by atoms with Gasteiger partial charge in [-0.2, -0.15) is 5.10 Å². The molecule has 168 valence electrons. The number of fused-ring (bicyclic) bond motifs is 1. The quantitative estimate of drug-likeness (QED) is 0.365. The van der Waals surface area contributed by atoms with Crippen LogP contribution in [0.3, 0.4) is 0 Å². The first-order valence-electron chi connectivity index (χ1n) is 10.6. The molecule has 0 atom stereocenters. The molecule has 0 aliphatic carbocycles. The topological polar surface area (TPSA) is 133 Å². The van der Waals surface area contributed by atoms with E-state index in [-0.39, 0.29) is 11.4 Å². The normalized spacial score (nSPS) is 11.0. The minimum atomic E-state index is -0.707. The van der Waals surface area contributed by atoms with E-state index in [2.05, 4.69) is 15.2 Å². The average Bonchev–Trinajstić information content (AvgIpc) is 3.33. The lowest BCUT2D eigenvalue weighted by atomic mass is 9.94. The minimum absolute atomic E-state index is 0.000909. The Balaban J connectivity index is 1.72. The lowest BCUT2D eigenvalue weighted by molar-refractivity contribution is 0.0996. The summed E-state index contributed by atoms with van der Waals surface area (Å²) in [6.07, 6.45) is 1.74. The zero-order chi connectivity index (χ0) is 23.8. The number of methoxy groups -OCH3 is 1. The molecule has 5 rings (SSSR count). The van der Waals surface area contributed by atoms with Crippen LogP contribution in [0.1, 0.15) is 16.1 Å². The van der Waals surface area contributed by atoms with Gasteiger partial charge in [0, 0.05) is 16.5 Å². The highest BCUT2D eigenvalue weighted by atomic mass is 16.5. The molecule has 5 aromatic rings. The predicted octanol–water partition coefficient (Wildman–Crippen LogP) is 4.35. The largest absolute Gasteiger partial charge is 0.497 e. The van der Waals surface area contributed by atoms with Crippen molar-refractivity contribution in [2.24, 2.45) is 5.73 Å². The maximum Gasteiger partial charge on any atom is 0.269 e. The molecule has 0 radical (unpaired) electrons. The summed E-state index contributed by atoms with van der Waals surface area (Å²) in [6, 6.07) is 19.0. The van der Waals surface area contributed by atoms with Gasteiger partial charge in [0.15, 0.2) is 5.69 Å². The molecule has 5 N–H and O–H groups in total. The number of benzene rings is 2.